The Morgan fingerprint density at radius 1 is 1.05 bits per heavy atom. The first kappa shape index (κ1) is 12.3. The van der Waals surface area contributed by atoms with Crippen LogP contribution in [0, 0.1) is 0 Å². The topological polar surface area (TPSA) is 31.4 Å². The molecule has 1 aromatic carbocycles. The first-order valence-corrected chi connectivity index (χ1v) is 6.84. The van der Waals surface area contributed by atoms with E-state index in [4.69, 9.17) is 9.47 Å². The van der Waals surface area contributed by atoms with Gasteiger partial charge in [-0.2, -0.15) is 0 Å². The minimum absolute atomic E-state index is 0.599. The van der Waals surface area contributed by atoms with Crippen molar-refractivity contribution in [3.8, 4) is 11.5 Å². The summed E-state index contributed by atoms with van der Waals surface area (Å²) in [5.74, 6) is 2.16. The number of pyridine rings is 1. The third-order valence-electron chi connectivity index (χ3n) is 4.04. The van der Waals surface area contributed by atoms with Gasteiger partial charge in [0.25, 0.3) is 0 Å². The summed E-state index contributed by atoms with van der Waals surface area (Å²) in [5.41, 5.74) is 1.22. The second-order valence-corrected chi connectivity index (χ2v) is 5.11. The highest BCUT2D eigenvalue weighted by molar-refractivity contribution is 5.88. The molecule has 3 nitrogen and oxygen atoms in total. The normalized spacial score (nSPS) is 15.9. The highest BCUT2D eigenvalue weighted by atomic mass is 16.5. The third kappa shape index (κ3) is 2.14. The molecule has 0 saturated heterocycles. The smallest absolute Gasteiger partial charge is 0.161 e. The first-order chi connectivity index (χ1) is 9.33. The highest BCUT2D eigenvalue weighted by Crippen LogP contribution is 2.39. The Balaban J connectivity index is 2.17. The van der Waals surface area contributed by atoms with Gasteiger partial charge >= 0.3 is 0 Å². The minimum atomic E-state index is 0.599. The number of rotatable bonds is 3. The van der Waals surface area contributed by atoms with E-state index in [-0.39, 0.29) is 0 Å². The molecule has 0 aliphatic heterocycles. The predicted molar refractivity (Wildman–Crippen MR) is 76.1 cm³/mol. The number of ether oxygens (including phenoxy) is 2. The van der Waals surface area contributed by atoms with Crippen LogP contribution in [0.4, 0.5) is 0 Å². The summed E-state index contributed by atoms with van der Waals surface area (Å²) in [6.07, 6.45) is 7.04. The summed E-state index contributed by atoms with van der Waals surface area (Å²) in [6, 6.07) is 6.14. The number of fused-ring (bicyclic) bond motifs is 1. The Morgan fingerprint density at radius 2 is 1.74 bits per heavy atom. The number of hydrogen-bond donors (Lipinski definition) is 0. The Labute approximate surface area is 113 Å². The molecule has 1 aromatic heterocycles. The van der Waals surface area contributed by atoms with E-state index < -0.39 is 0 Å². The molecule has 0 amide bonds. The second-order valence-electron chi connectivity index (χ2n) is 5.11. The zero-order chi connectivity index (χ0) is 13.2. The van der Waals surface area contributed by atoms with E-state index >= 15 is 0 Å². The summed E-state index contributed by atoms with van der Waals surface area (Å²) in [4.78, 5) is 4.62. The van der Waals surface area contributed by atoms with Crippen molar-refractivity contribution in [2.24, 2.45) is 0 Å². The molecule has 0 spiro atoms. The molecule has 0 N–H and O–H groups in total. The highest BCUT2D eigenvalue weighted by Gasteiger charge is 2.21. The quantitative estimate of drug-likeness (QED) is 0.835. The predicted octanol–water partition coefficient (Wildman–Crippen LogP) is 3.91. The number of nitrogens with zero attached hydrogens (tertiary/aromatic N) is 1. The number of hydrogen-bond acceptors (Lipinski definition) is 3. The molecule has 1 saturated carbocycles. The molecular formula is C16H19NO2. The zero-order valence-electron chi connectivity index (χ0n) is 11.5. The van der Waals surface area contributed by atoms with Gasteiger partial charge in [-0.05, 0) is 36.4 Å². The molecule has 1 aliphatic carbocycles. The maximum atomic E-state index is 5.41. The molecule has 0 bridgehead atoms. The van der Waals surface area contributed by atoms with E-state index in [0.29, 0.717) is 5.92 Å². The molecule has 3 heteroatoms. The zero-order valence-corrected chi connectivity index (χ0v) is 11.5. The Kier molecular flexibility index (Phi) is 3.28. The summed E-state index contributed by atoms with van der Waals surface area (Å²) in [6.45, 7) is 0. The van der Waals surface area contributed by atoms with Gasteiger partial charge in [-0.25, -0.2) is 0 Å². The Morgan fingerprint density at radius 3 is 2.42 bits per heavy atom. The molecule has 0 radical (unpaired) electrons. The average Bonchev–Trinajstić information content (AvgIpc) is 2.99. The van der Waals surface area contributed by atoms with E-state index in [1.807, 2.05) is 18.3 Å². The van der Waals surface area contributed by atoms with Gasteiger partial charge in [0, 0.05) is 17.5 Å². The summed E-state index contributed by atoms with van der Waals surface area (Å²) >= 11 is 0. The van der Waals surface area contributed by atoms with Gasteiger partial charge in [-0.3, -0.25) is 4.98 Å². The van der Waals surface area contributed by atoms with Crippen LogP contribution in [0.3, 0.4) is 0 Å². The van der Waals surface area contributed by atoms with Crippen LogP contribution in [0.1, 0.15) is 37.3 Å². The van der Waals surface area contributed by atoms with Crippen molar-refractivity contribution in [1.29, 1.82) is 0 Å². The van der Waals surface area contributed by atoms with Crippen molar-refractivity contribution in [3.63, 3.8) is 0 Å². The third-order valence-corrected chi connectivity index (χ3v) is 4.04. The molecular weight excluding hydrogens is 238 g/mol. The molecule has 19 heavy (non-hydrogen) atoms. The first-order valence-electron chi connectivity index (χ1n) is 6.84. The van der Waals surface area contributed by atoms with Crippen molar-refractivity contribution in [2.45, 2.75) is 31.6 Å². The fourth-order valence-corrected chi connectivity index (χ4v) is 3.05. The van der Waals surface area contributed by atoms with Gasteiger partial charge in [-0.1, -0.05) is 12.8 Å². The van der Waals surface area contributed by atoms with Crippen LogP contribution in [0.25, 0.3) is 10.8 Å². The van der Waals surface area contributed by atoms with Crippen LogP contribution >= 0.6 is 0 Å². The standard InChI is InChI=1S/C16H19NO2/c1-18-14-9-12-7-8-17-16(11-5-3-4-6-11)13(12)10-15(14)19-2/h7-11H,3-6H2,1-2H3. The van der Waals surface area contributed by atoms with Gasteiger partial charge in [0.05, 0.1) is 19.9 Å². The van der Waals surface area contributed by atoms with Gasteiger partial charge in [0.1, 0.15) is 0 Å². The lowest BCUT2D eigenvalue weighted by Crippen LogP contribution is -1.98. The van der Waals surface area contributed by atoms with E-state index in [1.54, 1.807) is 14.2 Å². The molecule has 3 rings (SSSR count). The second kappa shape index (κ2) is 5.08. The maximum absolute atomic E-state index is 5.41. The molecule has 1 fully saturated rings. The van der Waals surface area contributed by atoms with E-state index in [0.717, 1.165) is 11.5 Å². The van der Waals surface area contributed by atoms with Crippen molar-refractivity contribution >= 4 is 10.8 Å². The lowest BCUT2D eigenvalue weighted by atomic mass is 9.97. The van der Waals surface area contributed by atoms with Crippen molar-refractivity contribution < 1.29 is 9.47 Å². The van der Waals surface area contributed by atoms with Crippen LogP contribution in [-0.4, -0.2) is 19.2 Å². The van der Waals surface area contributed by atoms with Crippen LogP contribution in [0.2, 0.25) is 0 Å². The molecule has 0 unspecified atom stereocenters. The minimum Gasteiger partial charge on any atom is -0.493 e. The van der Waals surface area contributed by atoms with Gasteiger partial charge in [0.15, 0.2) is 11.5 Å². The lowest BCUT2D eigenvalue weighted by molar-refractivity contribution is 0.356. The maximum Gasteiger partial charge on any atom is 0.161 e. The summed E-state index contributed by atoms with van der Waals surface area (Å²) in [5, 5.41) is 2.38. The number of aromatic nitrogens is 1. The fraction of sp³-hybridized carbons (Fsp3) is 0.438. The van der Waals surface area contributed by atoms with Gasteiger partial charge in [-0.15, -0.1) is 0 Å². The van der Waals surface area contributed by atoms with Crippen LogP contribution in [0.15, 0.2) is 24.4 Å². The van der Waals surface area contributed by atoms with E-state index in [1.165, 1.54) is 42.1 Å². The molecule has 1 aliphatic rings. The number of methoxy groups -OCH3 is 2. The van der Waals surface area contributed by atoms with Gasteiger partial charge in [0.2, 0.25) is 0 Å². The van der Waals surface area contributed by atoms with Crippen molar-refractivity contribution in [3.05, 3.63) is 30.1 Å². The lowest BCUT2D eigenvalue weighted by Gasteiger charge is -2.14. The van der Waals surface area contributed by atoms with Crippen LogP contribution in [0.5, 0.6) is 11.5 Å². The Hall–Kier alpha value is -1.77. The fourth-order valence-electron chi connectivity index (χ4n) is 3.05. The monoisotopic (exact) mass is 257 g/mol. The van der Waals surface area contributed by atoms with Gasteiger partial charge < -0.3 is 9.47 Å². The molecule has 0 atom stereocenters. The number of benzene rings is 1. The summed E-state index contributed by atoms with van der Waals surface area (Å²) < 4.78 is 10.8. The molecule has 1 heterocycles. The summed E-state index contributed by atoms with van der Waals surface area (Å²) in [7, 11) is 3.35. The van der Waals surface area contributed by atoms with Crippen molar-refractivity contribution in [2.75, 3.05) is 14.2 Å². The largest absolute Gasteiger partial charge is 0.493 e. The average molecular weight is 257 g/mol. The Bertz CT molecular complexity index is 589. The SMILES string of the molecule is COc1cc2ccnc(C3CCCC3)c2cc1OC. The van der Waals surface area contributed by atoms with E-state index in [2.05, 4.69) is 11.1 Å². The molecule has 100 valence electrons. The van der Waals surface area contributed by atoms with E-state index in [9.17, 15) is 0 Å². The molecule has 2 aromatic rings. The van der Waals surface area contributed by atoms with Crippen LogP contribution in [-0.2, 0) is 0 Å². The van der Waals surface area contributed by atoms with Crippen LogP contribution < -0.4 is 9.47 Å². The van der Waals surface area contributed by atoms with Crippen molar-refractivity contribution in [1.82, 2.24) is 4.98 Å².